The van der Waals surface area contributed by atoms with Crippen LogP contribution in [0.1, 0.15) is 25.2 Å². The number of nitrogens with two attached hydrogens (primary N) is 1. The molecule has 2 rings (SSSR count). The lowest BCUT2D eigenvalue weighted by Crippen LogP contribution is -2.13. The summed E-state index contributed by atoms with van der Waals surface area (Å²) in [5.41, 5.74) is 3.44. The van der Waals surface area contributed by atoms with Crippen molar-refractivity contribution in [2.45, 2.75) is 20.8 Å². The number of rotatable bonds is 6. The van der Waals surface area contributed by atoms with Crippen molar-refractivity contribution in [1.29, 1.82) is 0 Å². The van der Waals surface area contributed by atoms with E-state index in [0.29, 0.717) is 29.9 Å². The Kier molecular flexibility index (Phi) is 6.99. The fourth-order valence-corrected chi connectivity index (χ4v) is 1.72. The highest BCUT2D eigenvalue weighted by Crippen LogP contribution is 2.28. The van der Waals surface area contributed by atoms with Crippen LogP contribution in [0.25, 0.3) is 0 Å². The van der Waals surface area contributed by atoms with E-state index in [1.165, 1.54) is 11.6 Å². The third-order valence-electron chi connectivity index (χ3n) is 2.77. The summed E-state index contributed by atoms with van der Waals surface area (Å²) in [6.07, 6.45) is 1.56. The van der Waals surface area contributed by atoms with Crippen LogP contribution in [0.2, 0.25) is 0 Å². The Morgan fingerprint density at radius 1 is 1.42 bits per heavy atom. The van der Waals surface area contributed by atoms with Crippen LogP contribution in [0, 0.1) is 6.92 Å². The number of hydrogen-bond acceptors (Lipinski definition) is 8. The van der Waals surface area contributed by atoms with Gasteiger partial charge in [0.05, 0.1) is 12.8 Å². The standard InChI is InChI=1S/C14H18N6O3.ClH/c1-4-22-13-7-11(5-6-12(13)23-10(3)21)8-16-18-14-19-17-9(2)20(14)15;/h5-8H,4,15H2,1-3H3,(H,18,19);1H/b16-8+;. The van der Waals surface area contributed by atoms with Crippen molar-refractivity contribution in [2.24, 2.45) is 5.10 Å². The van der Waals surface area contributed by atoms with Crippen LogP contribution in [-0.4, -0.2) is 33.7 Å². The zero-order valence-electron chi connectivity index (χ0n) is 13.5. The van der Waals surface area contributed by atoms with Crippen LogP contribution in [0.3, 0.4) is 0 Å². The van der Waals surface area contributed by atoms with Gasteiger partial charge in [0.2, 0.25) is 0 Å². The molecule has 24 heavy (non-hydrogen) atoms. The van der Waals surface area contributed by atoms with E-state index >= 15 is 0 Å². The Bertz CT molecular complexity index is 731. The summed E-state index contributed by atoms with van der Waals surface area (Å²) < 4.78 is 11.8. The number of nitrogens with zero attached hydrogens (tertiary/aromatic N) is 4. The smallest absolute Gasteiger partial charge is 0.308 e. The molecule has 1 heterocycles. The second-order valence-corrected chi connectivity index (χ2v) is 4.54. The molecule has 130 valence electrons. The van der Waals surface area contributed by atoms with Gasteiger partial charge in [-0.25, -0.2) is 10.1 Å². The van der Waals surface area contributed by atoms with Crippen molar-refractivity contribution in [3.63, 3.8) is 0 Å². The maximum atomic E-state index is 11.1. The number of esters is 1. The average molecular weight is 355 g/mol. The molecule has 0 fully saturated rings. The number of ether oxygens (including phenoxy) is 2. The van der Waals surface area contributed by atoms with Gasteiger partial charge in [-0.2, -0.15) is 5.10 Å². The van der Waals surface area contributed by atoms with Gasteiger partial charge in [-0.15, -0.1) is 22.6 Å². The molecule has 3 N–H and O–H groups in total. The van der Waals surface area contributed by atoms with Crippen molar-refractivity contribution in [2.75, 3.05) is 17.9 Å². The number of anilines is 1. The zero-order chi connectivity index (χ0) is 16.8. The van der Waals surface area contributed by atoms with Gasteiger partial charge in [0.25, 0.3) is 5.95 Å². The van der Waals surface area contributed by atoms with Gasteiger partial charge in [-0.05, 0) is 37.6 Å². The van der Waals surface area contributed by atoms with E-state index in [1.807, 2.05) is 6.92 Å². The molecule has 0 saturated heterocycles. The normalized spacial score (nSPS) is 10.3. The largest absolute Gasteiger partial charge is 0.490 e. The van der Waals surface area contributed by atoms with Crippen LogP contribution in [0.15, 0.2) is 23.3 Å². The zero-order valence-corrected chi connectivity index (χ0v) is 14.3. The number of benzene rings is 1. The Morgan fingerprint density at radius 2 is 2.17 bits per heavy atom. The first-order chi connectivity index (χ1) is 11.0. The Hall–Kier alpha value is -2.81. The van der Waals surface area contributed by atoms with Gasteiger partial charge < -0.3 is 15.3 Å². The number of carbonyl (C=O) groups excluding carboxylic acids is 1. The fourth-order valence-electron chi connectivity index (χ4n) is 1.72. The molecule has 0 unspecified atom stereocenters. The van der Waals surface area contributed by atoms with Gasteiger partial charge in [0.1, 0.15) is 0 Å². The van der Waals surface area contributed by atoms with Crippen LogP contribution >= 0.6 is 12.4 Å². The maximum absolute atomic E-state index is 11.1. The first-order valence-corrected chi connectivity index (χ1v) is 6.92. The lowest BCUT2D eigenvalue weighted by atomic mass is 10.2. The number of aryl methyl sites for hydroxylation is 1. The molecular formula is C14H19ClN6O3. The minimum atomic E-state index is -0.410. The molecule has 9 nitrogen and oxygen atoms in total. The van der Waals surface area contributed by atoms with E-state index in [9.17, 15) is 4.79 Å². The predicted molar refractivity (Wildman–Crippen MR) is 92.3 cm³/mol. The molecule has 0 aliphatic carbocycles. The van der Waals surface area contributed by atoms with Crippen LogP contribution in [-0.2, 0) is 4.79 Å². The highest BCUT2D eigenvalue weighted by molar-refractivity contribution is 5.85. The molecule has 0 atom stereocenters. The highest BCUT2D eigenvalue weighted by atomic mass is 35.5. The van der Waals surface area contributed by atoms with Crippen LogP contribution in [0.5, 0.6) is 11.5 Å². The second kappa shape index (κ2) is 8.73. The van der Waals surface area contributed by atoms with Crippen molar-refractivity contribution in [3.8, 4) is 11.5 Å². The summed E-state index contributed by atoms with van der Waals surface area (Å²) in [6.45, 7) is 5.35. The van der Waals surface area contributed by atoms with Gasteiger partial charge in [-0.1, -0.05) is 0 Å². The molecule has 0 aliphatic rings. The lowest BCUT2D eigenvalue weighted by Gasteiger charge is -2.10. The Morgan fingerprint density at radius 3 is 2.75 bits per heavy atom. The molecule has 10 heteroatoms. The summed E-state index contributed by atoms with van der Waals surface area (Å²) >= 11 is 0. The molecule has 0 saturated carbocycles. The summed E-state index contributed by atoms with van der Waals surface area (Å²) in [4.78, 5) is 11.1. The molecule has 0 spiro atoms. The van der Waals surface area contributed by atoms with Crippen LogP contribution < -0.4 is 20.7 Å². The van der Waals surface area contributed by atoms with Crippen molar-refractivity contribution >= 4 is 30.5 Å². The summed E-state index contributed by atoms with van der Waals surface area (Å²) in [5.74, 6) is 7.00. The lowest BCUT2D eigenvalue weighted by molar-refractivity contribution is -0.132. The topological polar surface area (TPSA) is 117 Å². The fraction of sp³-hybridized carbons (Fsp3) is 0.286. The molecule has 2 aromatic rings. The summed E-state index contributed by atoms with van der Waals surface area (Å²) in [5, 5.41) is 11.7. The highest BCUT2D eigenvalue weighted by Gasteiger charge is 2.08. The minimum Gasteiger partial charge on any atom is -0.490 e. The Labute approximate surface area is 145 Å². The number of nitrogens with one attached hydrogen (secondary N) is 1. The molecule has 0 bridgehead atoms. The first-order valence-electron chi connectivity index (χ1n) is 6.92. The number of aromatic nitrogens is 3. The SMILES string of the molecule is CCOc1cc(/C=N/Nc2nnc(C)n2N)ccc1OC(C)=O.Cl. The van der Waals surface area contributed by atoms with E-state index in [2.05, 4.69) is 20.7 Å². The van der Waals surface area contributed by atoms with Crippen LogP contribution in [0.4, 0.5) is 5.95 Å². The predicted octanol–water partition coefficient (Wildman–Crippen LogP) is 1.49. The number of hydrazone groups is 1. The van der Waals surface area contributed by atoms with E-state index in [4.69, 9.17) is 15.3 Å². The van der Waals surface area contributed by atoms with Crippen molar-refractivity contribution < 1.29 is 14.3 Å². The van der Waals surface area contributed by atoms with Gasteiger partial charge in [-0.3, -0.25) is 4.79 Å². The van der Waals surface area contributed by atoms with Crippen molar-refractivity contribution in [3.05, 3.63) is 29.6 Å². The summed E-state index contributed by atoms with van der Waals surface area (Å²) in [7, 11) is 0. The summed E-state index contributed by atoms with van der Waals surface area (Å²) in [6, 6.07) is 5.10. The monoisotopic (exact) mass is 354 g/mol. The molecule has 0 radical (unpaired) electrons. The van der Waals surface area contributed by atoms with Gasteiger partial charge in [0, 0.05) is 6.92 Å². The van der Waals surface area contributed by atoms with E-state index < -0.39 is 5.97 Å². The molecule has 0 aliphatic heterocycles. The molecule has 1 aromatic carbocycles. The van der Waals surface area contributed by atoms with E-state index in [0.717, 1.165) is 5.56 Å². The molecule has 0 amide bonds. The molecular weight excluding hydrogens is 336 g/mol. The third kappa shape index (κ3) is 4.85. The quantitative estimate of drug-likeness (QED) is 0.265. The number of hydrogen-bond donors (Lipinski definition) is 2. The van der Waals surface area contributed by atoms with E-state index in [1.54, 1.807) is 31.3 Å². The number of nitrogen functional groups attached to an aromatic ring is 1. The van der Waals surface area contributed by atoms with E-state index in [-0.39, 0.29) is 12.4 Å². The Balaban J connectivity index is 0.00000288. The van der Waals surface area contributed by atoms with Gasteiger partial charge >= 0.3 is 5.97 Å². The van der Waals surface area contributed by atoms with Crippen molar-refractivity contribution in [1.82, 2.24) is 14.9 Å². The number of halogens is 1. The minimum absolute atomic E-state index is 0. The second-order valence-electron chi connectivity index (χ2n) is 4.54. The number of carbonyl (C=O) groups is 1. The maximum Gasteiger partial charge on any atom is 0.308 e. The third-order valence-corrected chi connectivity index (χ3v) is 2.77. The van der Waals surface area contributed by atoms with Gasteiger partial charge in [0.15, 0.2) is 17.3 Å². The molecule has 1 aromatic heterocycles. The first kappa shape index (κ1) is 19.2. The average Bonchev–Trinajstić information content (AvgIpc) is 2.82.